The van der Waals surface area contributed by atoms with Gasteiger partial charge in [0.15, 0.2) is 0 Å². The molecule has 16 heavy (non-hydrogen) atoms. The van der Waals surface area contributed by atoms with E-state index in [-0.39, 0.29) is 18.2 Å². The number of rotatable bonds is 7. The van der Waals surface area contributed by atoms with Gasteiger partial charge in [-0.2, -0.15) is 0 Å². The van der Waals surface area contributed by atoms with E-state index in [1.54, 1.807) is 0 Å². The molecular weight excluding hydrogens is 206 g/mol. The smallest absolute Gasteiger partial charge is 0.407 e. The highest BCUT2D eigenvalue weighted by molar-refractivity contribution is 5.68. The third-order valence-corrected chi connectivity index (χ3v) is 2.68. The lowest BCUT2D eigenvalue weighted by Gasteiger charge is -2.24. The Morgan fingerprint density at radius 3 is 2.62 bits per heavy atom. The average Bonchev–Trinajstić information content (AvgIpc) is 2.23. The molecule has 1 amide bonds. The van der Waals surface area contributed by atoms with Crippen molar-refractivity contribution in [3.63, 3.8) is 0 Å². The summed E-state index contributed by atoms with van der Waals surface area (Å²) >= 11 is 0. The van der Waals surface area contributed by atoms with Gasteiger partial charge >= 0.3 is 6.09 Å². The number of ether oxygens (including phenoxy) is 1. The molecule has 0 aliphatic heterocycles. The number of carbonyl (C=O) groups is 1. The maximum absolute atomic E-state index is 11.4. The van der Waals surface area contributed by atoms with Crippen molar-refractivity contribution in [3.05, 3.63) is 0 Å². The van der Waals surface area contributed by atoms with Crippen molar-refractivity contribution in [1.82, 2.24) is 5.32 Å². The lowest BCUT2D eigenvalue weighted by molar-refractivity contribution is 0.117. The van der Waals surface area contributed by atoms with Crippen LogP contribution in [0.5, 0.6) is 0 Å². The molecule has 2 N–H and O–H groups in total. The molecule has 0 aromatic carbocycles. The lowest BCUT2D eigenvalue weighted by atomic mass is 10.0. The fraction of sp³-hybridized carbons (Fsp3) is 0.917. The summed E-state index contributed by atoms with van der Waals surface area (Å²) in [6, 6.07) is 0. The molecule has 1 atom stereocenters. The minimum atomic E-state index is -0.359. The first-order chi connectivity index (χ1) is 7.41. The van der Waals surface area contributed by atoms with Crippen LogP contribution < -0.4 is 5.32 Å². The largest absolute Gasteiger partial charge is 0.449 e. The molecule has 0 radical (unpaired) electrons. The predicted octanol–water partition coefficient (Wildman–Crippen LogP) is 2.31. The molecular formula is C12H25NO3. The Balaban J connectivity index is 3.73. The van der Waals surface area contributed by atoms with Crippen molar-refractivity contribution in [3.8, 4) is 0 Å². The predicted molar refractivity (Wildman–Crippen MR) is 64.3 cm³/mol. The molecule has 4 nitrogen and oxygen atoms in total. The van der Waals surface area contributed by atoms with Crippen molar-refractivity contribution < 1.29 is 14.6 Å². The van der Waals surface area contributed by atoms with Gasteiger partial charge in [-0.1, -0.05) is 13.8 Å². The van der Waals surface area contributed by atoms with Gasteiger partial charge in [0.2, 0.25) is 0 Å². The van der Waals surface area contributed by atoms with E-state index < -0.39 is 0 Å². The van der Waals surface area contributed by atoms with E-state index in [0.717, 1.165) is 19.3 Å². The molecule has 0 saturated heterocycles. The van der Waals surface area contributed by atoms with Crippen LogP contribution in [0.25, 0.3) is 0 Å². The van der Waals surface area contributed by atoms with Crippen molar-refractivity contribution in [1.29, 1.82) is 0 Å². The van der Waals surface area contributed by atoms with E-state index in [1.807, 2.05) is 27.7 Å². The number of hydrogen-bond donors (Lipinski definition) is 2. The Labute approximate surface area is 98.4 Å². The standard InChI is InChI=1S/C12H25NO3/c1-5-12(3,4)13-11(15)16-9-10(2)7-6-8-14/h10,14H,5-9H2,1-4H3,(H,13,15)/t10-/m1/s1. The Kier molecular flexibility index (Phi) is 7.13. The summed E-state index contributed by atoms with van der Waals surface area (Å²) in [4.78, 5) is 11.4. The SMILES string of the molecule is CCC(C)(C)NC(=O)OC[C@H](C)CCCO. The van der Waals surface area contributed by atoms with E-state index in [4.69, 9.17) is 9.84 Å². The van der Waals surface area contributed by atoms with Crippen molar-refractivity contribution in [2.24, 2.45) is 5.92 Å². The number of carbonyl (C=O) groups excluding carboxylic acids is 1. The molecule has 0 saturated carbocycles. The van der Waals surface area contributed by atoms with Crippen LogP contribution in [0.1, 0.15) is 47.0 Å². The van der Waals surface area contributed by atoms with Crippen LogP contribution >= 0.6 is 0 Å². The second kappa shape index (κ2) is 7.49. The van der Waals surface area contributed by atoms with Crippen LogP contribution in [0.15, 0.2) is 0 Å². The molecule has 0 aromatic heterocycles. The molecule has 0 aromatic rings. The van der Waals surface area contributed by atoms with Gasteiger partial charge in [0.25, 0.3) is 0 Å². The van der Waals surface area contributed by atoms with Crippen LogP contribution in [0, 0.1) is 5.92 Å². The molecule has 0 aliphatic rings. The quantitative estimate of drug-likeness (QED) is 0.707. The van der Waals surface area contributed by atoms with Gasteiger partial charge in [-0.3, -0.25) is 0 Å². The van der Waals surface area contributed by atoms with E-state index in [0.29, 0.717) is 12.5 Å². The van der Waals surface area contributed by atoms with Crippen molar-refractivity contribution in [2.75, 3.05) is 13.2 Å². The maximum Gasteiger partial charge on any atom is 0.407 e. The fourth-order valence-corrected chi connectivity index (χ4v) is 1.14. The molecule has 0 spiro atoms. The first kappa shape index (κ1) is 15.2. The zero-order valence-electron chi connectivity index (χ0n) is 10.9. The Bertz CT molecular complexity index is 204. The van der Waals surface area contributed by atoms with E-state index in [1.165, 1.54) is 0 Å². The van der Waals surface area contributed by atoms with Crippen molar-refractivity contribution >= 4 is 6.09 Å². The van der Waals surface area contributed by atoms with Gasteiger partial charge in [-0.25, -0.2) is 4.79 Å². The summed E-state index contributed by atoms with van der Waals surface area (Å²) in [5.74, 6) is 0.294. The summed E-state index contributed by atoms with van der Waals surface area (Å²) in [5, 5.41) is 11.5. The summed E-state index contributed by atoms with van der Waals surface area (Å²) in [6.45, 7) is 8.55. The van der Waals surface area contributed by atoms with Crippen LogP contribution in [-0.4, -0.2) is 30.0 Å². The van der Waals surface area contributed by atoms with Crippen molar-refractivity contribution in [2.45, 2.75) is 52.5 Å². The maximum atomic E-state index is 11.4. The topological polar surface area (TPSA) is 58.6 Å². The summed E-state index contributed by atoms with van der Waals surface area (Å²) < 4.78 is 5.11. The number of amides is 1. The Morgan fingerprint density at radius 1 is 1.50 bits per heavy atom. The summed E-state index contributed by atoms with van der Waals surface area (Å²) in [6.07, 6.45) is 2.14. The van der Waals surface area contributed by atoms with Crippen LogP contribution in [0.3, 0.4) is 0 Å². The zero-order chi connectivity index (χ0) is 12.6. The molecule has 4 heteroatoms. The number of aliphatic hydroxyl groups excluding tert-OH is 1. The molecule has 0 fully saturated rings. The van der Waals surface area contributed by atoms with Gasteiger partial charge in [0, 0.05) is 12.1 Å². The Hall–Kier alpha value is -0.770. The summed E-state index contributed by atoms with van der Waals surface area (Å²) in [7, 11) is 0. The zero-order valence-corrected chi connectivity index (χ0v) is 10.9. The number of aliphatic hydroxyl groups is 1. The fourth-order valence-electron chi connectivity index (χ4n) is 1.14. The number of hydrogen-bond acceptors (Lipinski definition) is 3. The first-order valence-electron chi connectivity index (χ1n) is 5.97. The minimum Gasteiger partial charge on any atom is -0.449 e. The van der Waals surface area contributed by atoms with Gasteiger partial charge in [-0.05, 0) is 39.0 Å². The highest BCUT2D eigenvalue weighted by Gasteiger charge is 2.18. The number of nitrogens with one attached hydrogen (secondary N) is 1. The highest BCUT2D eigenvalue weighted by atomic mass is 16.5. The van der Waals surface area contributed by atoms with Gasteiger partial charge in [0.1, 0.15) is 0 Å². The number of alkyl carbamates (subject to hydrolysis) is 1. The molecule has 0 unspecified atom stereocenters. The third-order valence-electron chi connectivity index (χ3n) is 2.68. The van der Waals surface area contributed by atoms with Crippen LogP contribution in [-0.2, 0) is 4.74 Å². The van der Waals surface area contributed by atoms with Gasteiger partial charge in [0.05, 0.1) is 6.61 Å². The van der Waals surface area contributed by atoms with E-state index in [9.17, 15) is 4.79 Å². The molecule has 0 heterocycles. The van der Waals surface area contributed by atoms with Gasteiger partial charge in [-0.15, -0.1) is 0 Å². The average molecular weight is 231 g/mol. The van der Waals surface area contributed by atoms with Gasteiger partial charge < -0.3 is 15.2 Å². The lowest BCUT2D eigenvalue weighted by Crippen LogP contribution is -2.43. The monoisotopic (exact) mass is 231 g/mol. The second-order valence-corrected chi connectivity index (χ2v) is 4.93. The van der Waals surface area contributed by atoms with Crippen LogP contribution in [0.2, 0.25) is 0 Å². The van der Waals surface area contributed by atoms with E-state index >= 15 is 0 Å². The summed E-state index contributed by atoms with van der Waals surface area (Å²) in [5.41, 5.74) is -0.217. The first-order valence-corrected chi connectivity index (χ1v) is 5.97. The van der Waals surface area contributed by atoms with Crippen LogP contribution in [0.4, 0.5) is 4.79 Å². The normalized spacial score (nSPS) is 13.3. The highest BCUT2D eigenvalue weighted by Crippen LogP contribution is 2.09. The Morgan fingerprint density at radius 2 is 2.12 bits per heavy atom. The molecule has 0 rings (SSSR count). The minimum absolute atomic E-state index is 0.194. The third kappa shape index (κ3) is 7.51. The second-order valence-electron chi connectivity index (χ2n) is 4.93. The molecule has 0 bridgehead atoms. The molecule has 0 aliphatic carbocycles. The molecule has 96 valence electrons. The van der Waals surface area contributed by atoms with E-state index in [2.05, 4.69) is 5.32 Å².